The summed E-state index contributed by atoms with van der Waals surface area (Å²) in [6.45, 7) is 1.98. The largest absolute Gasteiger partial charge is 0.388 e. The van der Waals surface area contributed by atoms with Crippen LogP contribution in [0.5, 0.6) is 0 Å². The van der Waals surface area contributed by atoms with Crippen LogP contribution in [0.3, 0.4) is 0 Å². The maximum atomic E-state index is 12.8. The molecule has 2 nitrogen and oxygen atoms in total. The molecule has 0 aliphatic rings. The smallest absolute Gasteiger partial charge is 0.280 e. The summed E-state index contributed by atoms with van der Waals surface area (Å²) < 4.78 is 26.6. The molecular weight excluding hydrogens is 302 g/mol. The van der Waals surface area contributed by atoms with Gasteiger partial charge in [0.05, 0.1) is 5.52 Å². The topological polar surface area (TPSA) is 24.9 Å². The summed E-state index contributed by atoms with van der Waals surface area (Å²) in [6, 6.07) is 5.21. The number of aryl methyl sites for hydroxylation is 1. The number of nitrogens with zero attached hydrogens (tertiary/aromatic N) is 1. The van der Waals surface area contributed by atoms with Crippen LogP contribution in [0.25, 0.3) is 10.9 Å². The van der Waals surface area contributed by atoms with E-state index in [0.29, 0.717) is 11.2 Å². The third kappa shape index (κ3) is 2.32. The van der Waals surface area contributed by atoms with E-state index in [4.69, 9.17) is 0 Å². The predicted molar refractivity (Wildman–Crippen MR) is 73.3 cm³/mol. The van der Waals surface area contributed by atoms with Crippen molar-refractivity contribution in [2.45, 2.75) is 19.8 Å². The first-order valence-electron chi connectivity index (χ1n) is 5.65. The molecule has 0 saturated heterocycles. The Morgan fingerprint density at radius 3 is 2.61 bits per heavy atom. The SMILES string of the molecule is CCc1cc(Br)cc2c(NC)cc(C(F)F)nc12. The van der Waals surface area contributed by atoms with Gasteiger partial charge in [-0.15, -0.1) is 0 Å². The molecule has 18 heavy (non-hydrogen) atoms. The molecule has 1 aromatic heterocycles. The molecule has 1 N–H and O–H groups in total. The van der Waals surface area contributed by atoms with Gasteiger partial charge in [-0.1, -0.05) is 22.9 Å². The molecule has 0 fully saturated rings. The van der Waals surface area contributed by atoms with Gasteiger partial charge in [0.25, 0.3) is 6.43 Å². The van der Waals surface area contributed by atoms with Gasteiger partial charge in [-0.05, 0) is 30.2 Å². The Labute approximate surface area is 113 Å². The van der Waals surface area contributed by atoms with Gasteiger partial charge in [0.2, 0.25) is 0 Å². The van der Waals surface area contributed by atoms with Crippen LogP contribution in [0.2, 0.25) is 0 Å². The lowest BCUT2D eigenvalue weighted by molar-refractivity contribution is 0.146. The van der Waals surface area contributed by atoms with E-state index in [1.807, 2.05) is 19.1 Å². The molecule has 0 amide bonds. The van der Waals surface area contributed by atoms with Gasteiger partial charge in [0, 0.05) is 22.6 Å². The minimum Gasteiger partial charge on any atom is -0.388 e. The van der Waals surface area contributed by atoms with E-state index in [1.54, 1.807) is 7.05 Å². The first-order chi connectivity index (χ1) is 8.56. The molecule has 0 aliphatic heterocycles. The fourth-order valence-electron chi connectivity index (χ4n) is 1.97. The lowest BCUT2D eigenvalue weighted by Crippen LogP contribution is -1.99. The molecule has 0 atom stereocenters. The fraction of sp³-hybridized carbons (Fsp3) is 0.308. The van der Waals surface area contributed by atoms with E-state index in [9.17, 15) is 8.78 Å². The van der Waals surface area contributed by atoms with Crippen molar-refractivity contribution in [3.05, 3.63) is 33.9 Å². The van der Waals surface area contributed by atoms with Gasteiger partial charge in [-0.3, -0.25) is 0 Å². The number of hydrogen-bond donors (Lipinski definition) is 1. The zero-order chi connectivity index (χ0) is 13.3. The molecule has 0 spiro atoms. The van der Waals surface area contributed by atoms with Crippen molar-refractivity contribution in [2.75, 3.05) is 12.4 Å². The van der Waals surface area contributed by atoms with Crippen molar-refractivity contribution < 1.29 is 8.78 Å². The summed E-state index contributed by atoms with van der Waals surface area (Å²) in [4.78, 5) is 4.08. The highest BCUT2D eigenvalue weighted by Gasteiger charge is 2.15. The number of pyridine rings is 1. The first kappa shape index (κ1) is 13.2. The molecule has 2 aromatic rings. The second kappa shape index (κ2) is 5.18. The third-order valence-electron chi connectivity index (χ3n) is 2.85. The van der Waals surface area contributed by atoms with Gasteiger partial charge in [0.15, 0.2) is 0 Å². The predicted octanol–water partition coefficient (Wildman–Crippen LogP) is 4.54. The minimum atomic E-state index is -2.56. The van der Waals surface area contributed by atoms with E-state index < -0.39 is 6.43 Å². The Hall–Kier alpha value is -1.23. The van der Waals surface area contributed by atoms with Crippen molar-refractivity contribution in [1.29, 1.82) is 0 Å². The van der Waals surface area contributed by atoms with E-state index >= 15 is 0 Å². The summed E-state index contributed by atoms with van der Waals surface area (Å²) in [5.74, 6) is 0. The Balaban J connectivity index is 2.82. The molecule has 0 aliphatic carbocycles. The molecule has 5 heteroatoms. The molecule has 0 bridgehead atoms. The molecule has 2 rings (SSSR count). The van der Waals surface area contributed by atoms with Crippen molar-refractivity contribution in [3.63, 3.8) is 0 Å². The van der Waals surface area contributed by atoms with Crippen LogP contribution >= 0.6 is 15.9 Å². The van der Waals surface area contributed by atoms with Gasteiger partial charge >= 0.3 is 0 Å². The highest BCUT2D eigenvalue weighted by Crippen LogP contribution is 2.32. The van der Waals surface area contributed by atoms with Crippen molar-refractivity contribution in [3.8, 4) is 0 Å². The molecular formula is C13H13BrF2N2. The molecule has 96 valence electrons. The van der Waals surface area contributed by atoms with Gasteiger partial charge < -0.3 is 5.32 Å². The molecule has 1 aromatic carbocycles. The molecule has 0 saturated carbocycles. The molecule has 0 unspecified atom stereocenters. The normalized spacial score (nSPS) is 11.2. The van der Waals surface area contributed by atoms with Crippen molar-refractivity contribution in [1.82, 2.24) is 4.98 Å². The maximum Gasteiger partial charge on any atom is 0.280 e. The summed E-state index contributed by atoms with van der Waals surface area (Å²) >= 11 is 3.43. The summed E-state index contributed by atoms with van der Waals surface area (Å²) in [6.07, 6.45) is -1.81. The van der Waals surface area contributed by atoms with E-state index in [2.05, 4.69) is 26.2 Å². The number of halogens is 3. The number of hydrogen-bond acceptors (Lipinski definition) is 2. The molecule has 1 heterocycles. The lowest BCUT2D eigenvalue weighted by Gasteiger charge is -2.12. The number of fused-ring (bicyclic) bond motifs is 1. The van der Waals surface area contributed by atoms with Crippen LogP contribution in [0.15, 0.2) is 22.7 Å². The Morgan fingerprint density at radius 2 is 2.06 bits per heavy atom. The third-order valence-corrected chi connectivity index (χ3v) is 3.31. The van der Waals surface area contributed by atoms with Gasteiger partial charge in [-0.2, -0.15) is 0 Å². The standard InChI is InChI=1S/C13H13BrF2N2/c1-3-7-4-8(14)5-9-10(17-2)6-11(13(15)16)18-12(7)9/h4-6,13H,3H2,1-2H3,(H,17,18). The van der Waals surface area contributed by atoms with Gasteiger partial charge in [-0.25, -0.2) is 13.8 Å². The van der Waals surface area contributed by atoms with Crippen LogP contribution in [-0.4, -0.2) is 12.0 Å². The van der Waals surface area contributed by atoms with Crippen LogP contribution in [0, 0.1) is 0 Å². The van der Waals surface area contributed by atoms with Crippen molar-refractivity contribution in [2.24, 2.45) is 0 Å². The fourth-order valence-corrected chi connectivity index (χ4v) is 2.47. The Kier molecular flexibility index (Phi) is 3.80. The van der Waals surface area contributed by atoms with E-state index in [1.165, 1.54) is 6.07 Å². The second-order valence-electron chi connectivity index (χ2n) is 3.96. The summed E-state index contributed by atoms with van der Waals surface area (Å²) in [5.41, 5.74) is 2.08. The van der Waals surface area contributed by atoms with Crippen LogP contribution in [-0.2, 0) is 6.42 Å². The van der Waals surface area contributed by atoms with E-state index in [0.717, 1.165) is 21.8 Å². The number of anilines is 1. The highest BCUT2D eigenvalue weighted by atomic mass is 79.9. The van der Waals surface area contributed by atoms with Crippen molar-refractivity contribution >= 4 is 32.5 Å². The number of alkyl halides is 2. The molecule has 0 radical (unpaired) electrons. The zero-order valence-corrected chi connectivity index (χ0v) is 11.7. The number of aromatic nitrogens is 1. The average Bonchev–Trinajstić information content (AvgIpc) is 2.36. The average molecular weight is 315 g/mol. The quantitative estimate of drug-likeness (QED) is 0.899. The monoisotopic (exact) mass is 314 g/mol. The van der Waals surface area contributed by atoms with Crippen LogP contribution < -0.4 is 5.32 Å². The second-order valence-corrected chi connectivity index (χ2v) is 4.88. The number of benzene rings is 1. The Morgan fingerprint density at radius 1 is 1.33 bits per heavy atom. The minimum absolute atomic E-state index is 0.191. The summed E-state index contributed by atoms with van der Waals surface area (Å²) in [7, 11) is 1.72. The number of rotatable bonds is 3. The van der Waals surface area contributed by atoms with Crippen LogP contribution in [0.1, 0.15) is 24.6 Å². The maximum absolute atomic E-state index is 12.8. The van der Waals surface area contributed by atoms with Gasteiger partial charge in [0.1, 0.15) is 5.69 Å². The zero-order valence-electron chi connectivity index (χ0n) is 10.1. The first-order valence-corrected chi connectivity index (χ1v) is 6.45. The summed E-state index contributed by atoms with van der Waals surface area (Å²) in [5, 5.41) is 3.80. The number of nitrogens with one attached hydrogen (secondary N) is 1. The van der Waals surface area contributed by atoms with Crippen LogP contribution in [0.4, 0.5) is 14.5 Å². The van der Waals surface area contributed by atoms with E-state index in [-0.39, 0.29) is 5.69 Å². The highest BCUT2D eigenvalue weighted by molar-refractivity contribution is 9.10. The Bertz CT molecular complexity index is 585. The lowest BCUT2D eigenvalue weighted by atomic mass is 10.1.